The van der Waals surface area contributed by atoms with Gasteiger partial charge in [0.2, 0.25) is 0 Å². The quantitative estimate of drug-likeness (QED) is 0.648. The topological polar surface area (TPSA) is 89.0 Å². The third-order valence-corrected chi connectivity index (χ3v) is 3.44. The molecule has 0 bridgehead atoms. The van der Waals surface area contributed by atoms with Crippen LogP contribution in [0.4, 0.5) is 0 Å². The number of hydrogen-bond donors (Lipinski definition) is 2. The molecule has 0 aromatic rings. The molecular weight excluding hydrogens is 212 g/mol. The smallest absolute Gasteiger partial charge is 0.188 e. The Hall–Kier alpha value is -0.240. The van der Waals surface area contributed by atoms with Crippen LogP contribution >= 0.6 is 0 Å². The van der Waals surface area contributed by atoms with Crippen LogP contribution < -0.4 is 11.5 Å². The van der Waals surface area contributed by atoms with Crippen molar-refractivity contribution >= 4 is 0 Å². The van der Waals surface area contributed by atoms with Crippen LogP contribution in [0.1, 0.15) is 6.92 Å². The van der Waals surface area contributed by atoms with Crippen LogP contribution in [0.15, 0.2) is 0 Å². The van der Waals surface area contributed by atoms with E-state index in [2.05, 4.69) is 0 Å². The van der Waals surface area contributed by atoms with Gasteiger partial charge in [0.1, 0.15) is 0 Å². The molecule has 0 amide bonds. The first kappa shape index (κ1) is 12.2. The lowest BCUT2D eigenvalue weighted by Gasteiger charge is -2.41. The molecule has 0 aromatic carbocycles. The molecule has 4 N–H and O–H groups in total. The second kappa shape index (κ2) is 4.56. The first-order chi connectivity index (χ1) is 7.69. The van der Waals surface area contributed by atoms with E-state index < -0.39 is 11.6 Å². The van der Waals surface area contributed by atoms with Crippen LogP contribution in [-0.2, 0) is 18.9 Å². The maximum atomic E-state index is 5.75. The summed E-state index contributed by atoms with van der Waals surface area (Å²) in [5.74, 6) is -1.83. The Balaban J connectivity index is 2.17. The highest BCUT2D eigenvalue weighted by Crippen LogP contribution is 2.38. The molecule has 0 unspecified atom stereocenters. The third kappa shape index (κ3) is 1.75. The van der Waals surface area contributed by atoms with Gasteiger partial charge in [-0.2, -0.15) is 0 Å². The van der Waals surface area contributed by atoms with Crippen LogP contribution in [-0.4, -0.2) is 51.1 Å². The van der Waals surface area contributed by atoms with Gasteiger partial charge in [-0.25, -0.2) is 0 Å². The Labute approximate surface area is 95.1 Å². The van der Waals surface area contributed by atoms with E-state index in [1.165, 1.54) is 0 Å². The molecular formula is C10H20N2O4. The summed E-state index contributed by atoms with van der Waals surface area (Å²) in [7, 11) is 0. The molecule has 2 aliphatic rings. The molecule has 2 fully saturated rings. The van der Waals surface area contributed by atoms with E-state index in [-0.39, 0.29) is 19.0 Å². The maximum absolute atomic E-state index is 5.75. The SMILES string of the molecule is CC(C1(CN)OCCO1)C1(CN)OCCO1. The van der Waals surface area contributed by atoms with Gasteiger partial charge in [0, 0.05) is 13.1 Å². The van der Waals surface area contributed by atoms with Crippen molar-refractivity contribution in [2.45, 2.75) is 18.5 Å². The second-order valence-corrected chi connectivity index (χ2v) is 4.15. The lowest BCUT2D eigenvalue weighted by Crippen LogP contribution is -2.58. The lowest BCUT2D eigenvalue weighted by atomic mass is 9.90. The summed E-state index contributed by atoms with van der Waals surface area (Å²) in [5.41, 5.74) is 11.5. The first-order valence-corrected chi connectivity index (χ1v) is 5.65. The Bertz CT molecular complexity index is 213. The minimum absolute atomic E-state index is 0.167. The van der Waals surface area contributed by atoms with Crippen LogP contribution in [0.5, 0.6) is 0 Å². The van der Waals surface area contributed by atoms with E-state index in [1.807, 2.05) is 6.92 Å². The molecule has 16 heavy (non-hydrogen) atoms. The van der Waals surface area contributed by atoms with E-state index in [1.54, 1.807) is 0 Å². The summed E-state index contributed by atoms with van der Waals surface area (Å²) >= 11 is 0. The zero-order valence-corrected chi connectivity index (χ0v) is 9.61. The molecule has 2 aliphatic heterocycles. The average molecular weight is 232 g/mol. The van der Waals surface area contributed by atoms with Crippen molar-refractivity contribution in [1.29, 1.82) is 0 Å². The van der Waals surface area contributed by atoms with Gasteiger partial charge in [-0.15, -0.1) is 0 Å². The Morgan fingerprint density at radius 3 is 1.44 bits per heavy atom. The fourth-order valence-electron chi connectivity index (χ4n) is 2.37. The van der Waals surface area contributed by atoms with Gasteiger partial charge in [0.15, 0.2) is 11.6 Å². The lowest BCUT2D eigenvalue weighted by molar-refractivity contribution is -0.281. The number of ether oxygens (including phenoxy) is 4. The summed E-state index contributed by atoms with van der Waals surface area (Å²) in [6.45, 7) is 4.65. The predicted molar refractivity (Wildman–Crippen MR) is 56.5 cm³/mol. The molecule has 2 heterocycles. The molecule has 0 saturated carbocycles. The van der Waals surface area contributed by atoms with E-state index in [0.29, 0.717) is 26.4 Å². The van der Waals surface area contributed by atoms with Gasteiger partial charge in [0.05, 0.1) is 32.3 Å². The Morgan fingerprint density at radius 1 is 0.875 bits per heavy atom. The predicted octanol–water partition coefficient (Wildman–Crippen LogP) is -0.974. The van der Waals surface area contributed by atoms with E-state index in [9.17, 15) is 0 Å². The molecule has 0 aliphatic carbocycles. The molecule has 0 radical (unpaired) electrons. The van der Waals surface area contributed by atoms with E-state index >= 15 is 0 Å². The van der Waals surface area contributed by atoms with Gasteiger partial charge in [0.25, 0.3) is 0 Å². The highest BCUT2D eigenvalue weighted by Gasteiger charge is 2.54. The first-order valence-electron chi connectivity index (χ1n) is 5.65. The van der Waals surface area contributed by atoms with Crippen molar-refractivity contribution in [3.8, 4) is 0 Å². The maximum Gasteiger partial charge on any atom is 0.188 e. The highest BCUT2D eigenvalue weighted by molar-refractivity contribution is 4.93. The van der Waals surface area contributed by atoms with Gasteiger partial charge in [-0.3, -0.25) is 0 Å². The molecule has 2 saturated heterocycles. The van der Waals surface area contributed by atoms with Gasteiger partial charge in [-0.05, 0) is 0 Å². The molecule has 0 spiro atoms. The van der Waals surface area contributed by atoms with Crippen LogP contribution in [0.3, 0.4) is 0 Å². The monoisotopic (exact) mass is 232 g/mol. The summed E-state index contributed by atoms with van der Waals surface area (Å²) in [6.07, 6.45) is 0. The third-order valence-electron chi connectivity index (χ3n) is 3.44. The Kier molecular flexibility index (Phi) is 3.48. The zero-order chi connectivity index (χ0) is 11.6. The molecule has 6 nitrogen and oxygen atoms in total. The van der Waals surface area contributed by atoms with Crippen molar-refractivity contribution in [2.75, 3.05) is 39.5 Å². The van der Waals surface area contributed by atoms with Crippen molar-refractivity contribution in [1.82, 2.24) is 0 Å². The van der Waals surface area contributed by atoms with Gasteiger partial charge in [-0.1, -0.05) is 6.92 Å². The second-order valence-electron chi connectivity index (χ2n) is 4.15. The number of nitrogens with two attached hydrogens (primary N) is 2. The Morgan fingerprint density at radius 2 is 1.19 bits per heavy atom. The van der Waals surface area contributed by atoms with Crippen LogP contribution in [0, 0.1) is 5.92 Å². The summed E-state index contributed by atoms with van der Waals surface area (Å²) < 4.78 is 22.5. The average Bonchev–Trinajstić information content (AvgIpc) is 2.99. The van der Waals surface area contributed by atoms with Crippen molar-refractivity contribution in [3.05, 3.63) is 0 Å². The van der Waals surface area contributed by atoms with Gasteiger partial charge >= 0.3 is 0 Å². The minimum Gasteiger partial charge on any atom is -0.346 e. The molecule has 6 heteroatoms. The molecule has 0 aromatic heterocycles. The van der Waals surface area contributed by atoms with Crippen LogP contribution in [0.2, 0.25) is 0 Å². The number of rotatable bonds is 4. The largest absolute Gasteiger partial charge is 0.346 e. The van der Waals surface area contributed by atoms with Crippen LogP contribution in [0.25, 0.3) is 0 Å². The summed E-state index contributed by atoms with van der Waals surface area (Å²) in [5, 5.41) is 0. The minimum atomic E-state index is -0.830. The zero-order valence-electron chi connectivity index (χ0n) is 9.61. The summed E-state index contributed by atoms with van der Waals surface area (Å²) in [4.78, 5) is 0. The van der Waals surface area contributed by atoms with Crippen molar-refractivity contribution in [3.63, 3.8) is 0 Å². The highest BCUT2D eigenvalue weighted by atomic mass is 16.8. The van der Waals surface area contributed by atoms with E-state index in [0.717, 1.165) is 0 Å². The fraction of sp³-hybridized carbons (Fsp3) is 1.00. The summed E-state index contributed by atoms with van der Waals surface area (Å²) in [6, 6.07) is 0. The van der Waals surface area contributed by atoms with Gasteiger partial charge < -0.3 is 30.4 Å². The molecule has 0 atom stereocenters. The van der Waals surface area contributed by atoms with E-state index in [4.69, 9.17) is 30.4 Å². The fourth-order valence-corrected chi connectivity index (χ4v) is 2.37. The van der Waals surface area contributed by atoms with Crippen molar-refractivity contribution in [2.24, 2.45) is 17.4 Å². The normalized spacial score (nSPS) is 27.8. The number of hydrogen-bond acceptors (Lipinski definition) is 6. The molecule has 2 rings (SSSR count). The molecule has 94 valence electrons. The standard InChI is InChI=1S/C10H20N2O4/c1-8(9(6-11)13-2-3-14-9)10(7-12)15-4-5-16-10/h8H,2-7,11-12H2,1H3. The van der Waals surface area contributed by atoms with Crippen molar-refractivity contribution < 1.29 is 18.9 Å².